The van der Waals surface area contributed by atoms with E-state index in [0.717, 1.165) is 5.56 Å². The largest absolute Gasteiger partial charge is 0.478 e. The topological polar surface area (TPSA) is 63.3 Å². The summed E-state index contributed by atoms with van der Waals surface area (Å²) in [5.74, 6) is -0.323. The van der Waals surface area contributed by atoms with Crippen LogP contribution in [0.2, 0.25) is 0 Å². The summed E-state index contributed by atoms with van der Waals surface area (Å²) >= 11 is 0. The highest BCUT2D eigenvalue weighted by atomic mass is 16.4. The normalized spacial score (nSPS) is 18.6. The van der Waals surface area contributed by atoms with Crippen LogP contribution in [0, 0.1) is 5.92 Å². The van der Waals surface area contributed by atoms with Gasteiger partial charge in [0.2, 0.25) is 0 Å². The number of carbonyl (C=O) groups is 1. The summed E-state index contributed by atoms with van der Waals surface area (Å²) in [7, 11) is 0. The molecule has 1 saturated carbocycles. The van der Waals surface area contributed by atoms with Gasteiger partial charge in [-0.2, -0.15) is 0 Å². The van der Waals surface area contributed by atoms with E-state index in [-0.39, 0.29) is 6.04 Å². The summed E-state index contributed by atoms with van der Waals surface area (Å²) in [5, 5.41) is 8.79. The first-order valence-electron chi connectivity index (χ1n) is 5.77. The van der Waals surface area contributed by atoms with Gasteiger partial charge in [0.05, 0.1) is 5.56 Å². The van der Waals surface area contributed by atoms with Crippen LogP contribution in [0.15, 0.2) is 24.3 Å². The number of hydrogen-bond donors (Lipinski definition) is 2. The van der Waals surface area contributed by atoms with Crippen LogP contribution < -0.4 is 5.73 Å². The number of carboxylic acids is 1. The maximum Gasteiger partial charge on any atom is 0.335 e. The van der Waals surface area contributed by atoms with Crippen LogP contribution in [0.3, 0.4) is 0 Å². The Morgan fingerprint density at radius 3 is 2.31 bits per heavy atom. The fraction of sp³-hybridized carbons (Fsp3) is 0.462. The Balaban J connectivity index is 2.11. The van der Waals surface area contributed by atoms with Gasteiger partial charge >= 0.3 is 5.97 Å². The van der Waals surface area contributed by atoms with E-state index in [4.69, 9.17) is 10.8 Å². The molecule has 1 fully saturated rings. The van der Waals surface area contributed by atoms with E-state index in [2.05, 4.69) is 0 Å². The van der Waals surface area contributed by atoms with Crippen molar-refractivity contribution >= 4 is 5.97 Å². The monoisotopic (exact) mass is 219 g/mol. The Morgan fingerprint density at radius 2 is 1.81 bits per heavy atom. The minimum absolute atomic E-state index is 0.0605. The number of carboxylic acid groups (broad SMARTS) is 1. The lowest BCUT2D eigenvalue weighted by Crippen LogP contribution is -2.19. The zero-order chi connectivity index (χ0) is 11.5. The molecule has 16 heavy (non-hydrogen) atoms. The van der Waals surface area contributed by atoms with Crippen molar-refractivity contribution in [2.75, 3.05) is 0 Å². The Morgan fingerprint density at radius 1 is 1.25 bits per heavy atom. The van der Waals surface area contributed by atoms with E-state index in [1.165, 1.54) is 25.7 Å². The molecule has 0 radical (unpaired) electrons. The zero-order valence-electron chi connectivity index (χ0n) is 9.23. The van der Waals surface area contributed by atoms with Crippen molar-refractivity contribution in [2.24, 2.45) is 11.7 Å². The van der Waals surface area contributed by atoms with Gasteiger partial charge < -0.3 is 10.8 Å². The lowest BCUT2D eigenvalue weighted by atomic mass is 9.92. The molecule has 0 saturated heterocycles. The van der Waals surface area contributed by atoms with E-state index in [1.807, 2.05) is 12.1 Å². The Kier molecular flexibility index (Phi) is 3.25. The fourth-order valence-corrected chi connectivity index (χ4v) is 2.44. The second-order valence-electron chi connectivity index (χ2n) is 4.50. The first kappa shape index (κ1) is 11.1. The summed E-state index contributed by atoms with van der Waals surface area (Å²) in [6, 6.07) is 7.00. The van der Waals surface area contributed by atoms with E-state index in [0.29, 0.717) is 11.5 Å². The maximum absolute atomic E-state index is 10.7. The molecule has 0 unspecified atom stereocenters. The average Bonchev–Trinajstić information content (AvgIpc) is 2.81. The number of benzene rings is 1. The zero-order valence-corrected chi connectivity index (χ0v) is 9.23. The van der Waals surface area contributed by atoms with Crippen LogP contribution in [0.5, 0.6) is 0 Å². The number of nitrogens with two attached hydrogens (primary N) is 1. The molecule has 1 aromatic carbocycles. The van der Waals surface area contributed by atoms with Gasteiger partial charge in [-0.25, -0.2) is 4.79 Å². The third kappa shape index (κ3) is 2.25. The van der Waals surface area contributed by atoms with Crippen molar-refractivity contribution in [3.05, 3.63) is 35.4 Å². The molecule has 1 aliphatic rings. The summed E-state index contributed by atoms with van der Waals surface area (Å²) in [6.07, 6.45) is 4.93. The minimum Gasteiger partial charge on any atom is -0.478 e. The maximum atomic E-state index is 10.7. The van der Waals surface area contributed by atoms with Gasteiger partial charge in [0.25, 0.3) is 0 Å². The number of aromatic carboxylic acids is 1. The lowest BCUT2D eigenvalue weighted by Gasteiger charge is -2.19. The Hall–Kier alpha value is -1.35. The quantitative estimate of drug-likeness (QED) is 0.821. The summed E-state index contributed by atoms with van der Waals surface area (Å²) in [5.41, 5.74) is 7.55. The van der Waals surface area contributed by atoms with Crippen molar-refractivity contribution in [3.63, 3.8) is 0 Å². The molecule has 3 heteroatoms. The molecule has 3 nitrogen and oxygen atoms in total. The van der Waals surface area contributed by atoms with E-state index in [9.17, 15) is 4.79 Å². The highest BCUT2D eigenvalue weighted by molar-refractivity contribution is 5.87. The molecule has 3 N–H and O–H groups in total. The highest BCUT2D eigenvalue weighted by Crippen LogP contribution is 2.34. The van der Waals surface area contributed by atoms with Gasteiger partial charge in [-0.1, -0.05) is 25.0 Å². The Bertz CT molecular complexity index is 366. The van der Waals surface area contributed by atoms with Gasteiger partial charge in [0.15, 0.2) is 0 Å². The first-order valence-corrected chi connectivity index (χ1v) is 5.77. The van der Waals surface area contributed by atoms with Crippen molar-refractivity contribution in [3.8, 4) is 0 Å². The van der Waals surface area contributed by atoms with Crippen molar-refractivity contribution < 1.29 is 9.90 Å². The third-order valence-corrected chi connectivity index (χ3v) is 3.45. The molecule has 0 aromatic heterocycles. The molecule has 0 spiro atoms. The van der Waals surface area contributed by atoms with Crippen LogP contribution in [0.1, 0.15) is 47.6 Å². The summed E-state index contributed by atoms with van der Waals surface area (Å²) in [6.45, 7) is 0. The third-order valence-electron chi connectivity index (χ3n) is 3.45. The van der Waals surface area contributed by atoms with Gasteiger partial charge in [-0.05, 0) is 36.5 Å². The number of hydrogen-bond acceptors (Lipinski definition) is 2. The molecule has 1 atom stereocenters. The summed E-state index contributed by atoms with van der Waals surface area (Å²) in [4.78, 5) is 10.7. The van der Waals surface area contributed by atoms with Crippen LogP contribution in [-0.4, -0.2) is 11.1 Å². The molecular formula is C13H17NO2. The van der Waals surface area contributed by atoms with Crippen LogP contribution >= 0.6 is 0 Å². The first-order chi connectivity index (χ1) is 7.68. The van der Waals surface area contributed by atoms with Gasteiger partial charge in [-0.15, -0.1) is 0 Å². The smallest absolute Gasteiger partial charge is 0.335 e. The standard InChI is InChI=1S/C13H17NO2/c14-12(9-3-1-2-4-9)10-5-7-11(8-6-10)13(15)16/h5-9,12H,1-4,14H2,(H,15,16)/t12-/m0/s1. The second-order valence-corrected chi connectivity index (χ2v) is 4.50. The summed E-state index contributed by atoms with van der Waals surface area (Å²) < 4.78 is 0. The van der Waals surface area contributed by atoms with Crippen molar-refractivity contribution in [2.45, 2.75) is 31.7 Å². The number of rotatable bonds is 3. The molecule has 1 aromatic rings. The predicted octanol–water partition coefficient (Wildman–Crippen LogP) is 2.57. The molecule has 0 aliphatic heterocycles. The minimum atomic E-state index is -0.888. The lowest BCUT2D eigenvalue weighted by molar-refractivity contribution is 0.0697. The van der Waals surface area contributed by atoms with Crippen molar-refractivity contribution in [1.29, 1.82) is 0 Å². The second kappa shape index (κ2) is 4.66. The average molecular weight is 219 g/mol. The molecule has 1 aliphatic carbocycles. The van der Waals surface area contributed by atoms with E-state index in [1.54, 1.807) is 12.1 Å². The molecular weight excluding hydrogens is 202 g/mol. The van der Waals surface area contributed by atoms with Gasteiger partial charge in [0, 0.05) is 6.04 Å². The van der Waals surface area contributed by atoms with E-state index >= 15 is 0 Å². The van der Waals surface area contributed by atoms with E-state index < -0.39 is 5.97 Å². The molecule has 86 valence electrons. The molecule has 2 rings (SSSR count). The van der Waals surface area contributed by atoms with Gasteiger partial charge in [-0.3, -0.25) is 0 Å². The van der Waals surface area contributed by atoms with Crippen molar-refractivity contribution in [1.82, 2.24) is 0 Å². The highest BCUT2D eigenvalue weighted by Gasteiger charge is 2.23. The van der Waals surface area contributed by atoms with Crippen LogP contribution in [-0.2, 0) is 0 Å². The SMILES string of the molecule is N[C@H](c1ccc(C(=O)O)cc1)C1CCCC1. The van der Waals surface area contributed by atoms with Gasteiger partial charge in [0.1, 0.15) is 0 Å². The molecule has 0 bridgehead atoms. The predicted molar refractivity (Wildman–Crippen MR) is 62.3 cm³/mol. The molecule has 0 heterocycles. The van der Waals surface area contributed by atoms with Crippen LogP contribution in [0.4, 0.5) is 0 Å². The fourth-order valence-electron chi connectivity index (χ4n) is 2.44. The Labute approximate surface area is 95.3 Å². The molecule has 0 amide bonds. The van der Waals surface area contributed by atoms with Crippen LogP contribution in [0.25, 0.3) is 0 Å².